The van der Waals surface area contributed by atoms with Gasteiger partial charge in [0.15, 0.2) is 0 Å². The Hall–Kier alpha value is -2.48. The van der Waals surface area contributed by atoms with E-state index in [9.17, 15) is 13.2 Å². The number of rotatable bonds is 8. The number of carbonyl (C=O) groups is 1. The average molecular weight is 501 g/mol. The van der Waals surface area contributed by atoms with Gasteiger partial charge in [-0.3, -0.25) is 4.79 Å². The second-order valence-corrected chi connectivity index (χ2v) is 10.2. The Morgan fingerprint density at radius 3 is 2.10 bits per heavy atom. The molecule has 2 N–H and O–H groups in total. The fourth-order valence-electron chi connectivity index (χ4n) is 3.09. The Kier molecular flexibility index (Phi) is 7.64. The third kappa shape index (κ3) is 6.50. The maximum atomic E-state index is 13.1. The van der Waals surface area contributed by atoms with Gasteiger partial charge in [0, 0.05) is 10.2 Å². The van der Waals surface area contributed by atoms with Crippen molar-refractivity contribution >= 4 is 37.5 Å². The average Bonchev–Trinajstić information content (AvgIpc) is 2.74. The third-order valence-corrected chi connectivity index (χ3v) is 6.88. The van der Waals surface area contributed by atoms with Crippen LogP contribution >= 0.6 is 15.9 Å². The molecule has 0 aromatic heterocycles. The monoisotopic (exact) mass is 500 g/mol. The molecule has 3 rings (SSSR count). The molecule has 7 heteroatoms. The second kappa shape index (κ2) is 10.2. The Morgan fingerprint density at radius 2 is 1.52 bits per heavy atom. The minimum absolute atomic E-state index is 0.0999. The Bertz CT molecular complexity index is 1110. The molecule has 0 saturated heterocycles. The minimum atomic E-state index is -3.88. The van der Waals surface area contributed by atoms with Crippen molar-refractivity contribution in [2.24, 2.45) is 0 Å². The molecule has 0 spiro atoms. The van der Waals surface area contributed by atoms with Gasteiger partial charge >= 0.3 is 0 Å². The van der Waals surface area contributed by atoms with Crippen molar-refractivity contribution < 1.29 is 13.2 Å². The summed E-state index contributed by atoms with van der Waals surface area (Å²) in [5, 5.41) is 2.84. The van der Waals surface area contributed by atoms with Gasteiger partial charge in [-0.05, 0) is 59.9 Å². The second-order valence-electron chi connectivity index (χ2n) is 7.58. The lowest BCUT2D eigenvalue weighted by Gasteiger charge is -2.19. The van der Waals surface area contributed by atoms with Crippen molar-refractivity contribution in [2.75, 3.05) is 5.32 Å². The van der Waals surface area contributed by atoms with E-state index in [1.807, 2.05) is 54.6 Å². The molecule has 0 bridgehead atoms. The van der Waals surface area contributed by atoms with Gasteiger partial charge in [0.1, 0.15) is 6.04 Å². The van der Waals surface area contributed by atoms with Crippen molar-refractivity contribution in [2.45, 2.75) is 37.1 Å². The predicted molar refractivity (Wildman–Crippen MR) is 128 cm³/mol. The van der Waals surface area contributed by atoms with Crippen LogP contribution in [-0.4, -0.2) is 20.4 Å². The van der Waals surface area contributed by atoms with Crippen LogP contribution in [-0.2, 0) is 21.2 Å². The summed E-state index contributed by atoms with van der Waals surface area (Å²) in [5.41, 5.74) is 2.64. The van der Waals surface area contributed by atoms with Gasteiger partial charge in [0.05, 0.1) is 4.90 Å². The molecule has 31 heavy (non-hydrogen) atoms. The van der Waals surface area contributed by atoms with Gasteiger partial charge in [0.25, 0.3) is 0 Å². The molecule has 0 aliphatic rings. The number of nitrogens with one attached hydrogen (secondary N) is 2. The highest BCUT2D eigenvalue weighted by Crippen LogP contribution is 2.19. The predicted octanol–water partition coefficient (Wildman–Crippen LogP) is 5.10. The number of halogens is 1. The molecule has 0 radical (unpaired) electrons. The molecular weight excluding hydrogens is 476 g/mol. The highest BCUT2D eigenvalue weighted by atomic mass is 79.9. The zero-order chi connectivity index (χ0) is 22.4. The molecule has 0 saturated carbocycles. The highest BCUT2D eigenvalue weighted by molar-refractivity contribution is 9.10. The van der Waals surface area contributed by atoms with Crippen LogP contribution < -0.4 is 10.0 Å². The lowest BCUT2D eigenvalue weighted by molar-refractivity contribution is -0.117. The Balaban J connectivity index is 1.83. The number of hydrogen-bond donors (Lipinski definition) is 2. The lowest BCUT2D eigenvalue weighted by atomic mass is 10.0. The molecular formula is C24H25BrN2O3S. The first kappa shape index (κ1) is 23.2. The molecule has 3 aromatic rings. The molecule has 162 valence electrons. The summed E-state index contributed by atoms with van der Waals surface area (Å²) in [4.78, 5) is 13.2. The number of anilines is 1. The van der Waals surface area contributed by atoms with Gasteiger partial charge in [0.2, 0.25) is 15.9 Å². The first-order valence-corrected chi connectivity index (χ1v) is 12.2. The number of amides is 1. The van der Waals surface area contributed by atoms with E-state index in [0.29, 0.717) is 11.6 Å². The van der Waals surface area contributed by atoms with Crippen LogP contribution in [0.4, 0.5) is 5.69 Å². The smallest absolute Gasteiger partial charge is 0.242 e. The summed E-state index contributed by atoms with van der Waals surface area (Å²) in [6, 6.07) is 22.2. The van der Waals surface area contributed by atoms with Crippen LogP contribution in [0.1, 0.15) is 30.9 Å². The summed E-state index contributed by atoms with van der Waals surface area (Å²) >= 11 is 3.30. The van der Waals surface area contributed by atoms with Crippen molar-refractivity contribution in [3.63, 3.8) is 0 Å². The highest BCUT2D eigenvalue weighted by Gasteiger charge is 2.26. The zero-order valence-corrected chi connectivity index (χ0v) is 19.8. The van der Waals surface area contributed by atoms with Crippen molar-refractivity contribution in [1.82, 2.24) is 4.72 Å². The maximum absolute atomic E-state index is 13.1. The quantitative estimate of drug-likeness (QED) is 0.451. The molecule has 1 atom stereocenters. The molecule has 3 aromatic carbocycles. The molecule has 1 amide bonds. The van der Waals surface area contributed by atoms with Crippen LogP contribution in [0.3, 0.4) is 0 Å². The molecule has 5 nitrogen and oxygen atoms in total. The topological polar surface area (TPSA) is 75.3 Å². The van der Waals surface area contributed by atoms with E-state index < -0.39 is 22.0 Å². The van der Waals surface area contributed by atoms with Crippen LogP contribution in [0.2, 0.25) is 0 Å². The summed E-state index contributed by atoms with van der Waals surface area (Å²) < 4.78 is 29.2. The molecule has 0 aliphatic heterocycles. The molecule has 0 aliphatic carbocycles. The molecule has 0 unspecified atom stereocenters. The van der Waals surface area contributed by atoms with Gasteiger partial charge in [-0.25, -0.2) is 8.42 Å². The number of benzene rings is 3. The zero-order valence-electron chi connectivity index (χ0n) is 17.4. The fourth-order valence-corrected chi connectivity index (χ4v) is 4.55. The normalized spacial score (nSPS) is 12.5. The molecule has 0 heterocycles. The van der Waals surface area contributed by atoms with Crippen LogP contribution in [0.15, 0.2) is 88.2 Å². The van der Waals surface area contributed by atoms with Gasteiger partial charge < -0.3 is 5.32 Å². The van der Waals surface area contributed by atoms with Crippen molar-refractivity contribution in [3.8, 4) is 0 Å². The minimum Gasteiger partial charge on any atom is -0.325 e. The van der Waals surface area contributed by atoms with Gasteiger partial charge in [-0.15, -0.1) is 0 Å². The lowest BCUT2D eigenvalue weighted by Crippen LogP contribution is -2.45. The SMILES string of the molecule is CC(C)c1ccc(NC(=O)[C@H](Cc2ccccc2)NS(=O)(=O)c2ccc(Br)cc2)cc1. The van der Waals surface area contributed by atoms with Gasteiger partial charge in [-0.1, -0.05) is 72.2 Å². The number of hydrogen-bond acceptors (Lipinski definition) is 3. The van der Waals surface area contributed by atoms with E-state index in [4.69, 9.17) is 0 Å². The largest absolute Gasteiger partial charge is 0.325 e. The first-order chi connectivity index (χ1) is 14.7. The Labute approximate surface area is 192 Å². The number of carbonyl (C=O) groups excluding carboxylic acids is 1. The number of sulfonamides is 1. The summed E-state index contributed by atoms with van der Waals surface area (Å²) in [6.07, 6.45) is 0.229. The first-order valence-electron chi connectivity index (χ1n) is 9.97. The van der Waals surface area contributed by atoms with Crippen LogP contribution in [0, 0.1) is 0 Å². The standard InChI is InChI=1S/C24H25BrN2O3S/c1-17(2)19-8-12-21(13-9-19)26-24(28)23(16-18-6-4-3-5-7-18)27-31(29,30)22-14-10-20(25)11-15-22/h3-15,17,23,27H,16H2,1-2H3,(H,26,28)/t23-/m0/s1. The summed E-state index contributed by atoms with van der Waals surface area (Å²) in [7, 11) is -3.88. The van der Waals surface area contributed by atoms with Crippen LogP contribution in [0.25, 0.3) is 0 Å². The fraction of sp³-hybridized carbons (Fsp3) is 0.208. The summed E-state index contributed by atoms with van der Waals surface area (Å²) in [5.74, 6) is -0.0323. The van der Waals surface area contributed by atoms with E-state index in [2.05, 4.69) is 39.8 Å². The third-order valence-electron chi connectivity index (χ3n) is 4.87. The van der Waals surface area contributed by atoms with E-state index in [1.165, 1.54) is 12.1 Å². The van der Waals surface area contributed by atoms with Crippen LogP contribution in [0.5, 0.6) is 0 Å². The van der Waals surface area contributed by atoms with E-state index in [-0.39, 0.29) is 11.3 Å². The van der Waals surface area contributed by atoms with E-state index in [1.54, 1.807) is 12.1 Å². The van der Waals surface area contributed by atoms with Crippen molar-refractivity contribution in [1.29, 1.82) is 0 Å². The maximum Gasteiger partial charge on any atom is 0.242 e. The summed E-state index contributed by atoms with van der Waals surface area (Å²) in [6.45, 7) is 4.20. The Morgan fingerprint density at radius 1 is 0.903 bits per heavy atom. The van der Waals surface area contributed by atoms with E-state index >= 15 is 0 Å². The van der Waals surface area contributed by atoms with Crippen molar-refractivity contribution in [3.05, 3.63) is 94.5 Å². The van der Waals surface area contributed by atoms with E-state index in [0.717, 1.165) is 15.6 Å². The molecule has 0 fully saturated rings. The van der Waals surface area contributed by atoms with Gasteiger partial charge in [-0.2, -0.15) is 4.72 Å².